The average molecular weight is 462 g/mol. The number of hydrogen-bond acceptors (Lipinski definition) is 9. The van der Waals surface area contributed by atoms with Crippen molar-refractivity contribution in [1.82, 2.24) is 29.9 Å². The van der Waals surface area contributed by atoms with Crippen LogP contribution in [0, 0.1) is 6.92 Å². The highest BCUT2D eigenvalue weighted by atomic mass is 16.5. The molecule has 2 atom stereocenters. The minimum Gasteiger partial charge on any atom is -0.421 e. The molecule has 10 nitrogen and oxygen atoms in total. The highest BCUT2D eigenvalue weighted by Gasteiger charge is 2.26. The Morgan fingerprint density at radius 2 is 2.03 bits per heavy atom. The van der Waals surface area contributed by atoms with E-state index in [1.165, 1.54) is 0 Å². The molecule has 0 aliphatic carbocycles. The number of fused-ring (bicyclic) bond motifs is 1. The molecule has 0 aromatic carbocycles. The Morgan fingerprint density at radius 1 is 1.09 bits per heavy atom. The van der Waals surface area contributed by atoms with E-state index in [1.54, 1.807) is 19.3 Å². The van der Waals surface area contributed by atoms with Gasteiger partial charge in [0.15, 0.2) is 6.23 Å². The summed E-state index contributed by atoms with van der Waals surface area (Å²) >= 11 is 0. The van der Waals surface area contributed by atoms with E-state index in [0.29, 0.717) is 25.0 Å². The normalized spacial score (nSPS) is 21.3. The number of rotatable bonds is 4. The van der Waals surface area contributed by atoms with Gasteiger partial charge in [-0.1, -0.05) is 0 Å². The number of nitrogens with zero attached hydrogens (tertiary/aromatic N) is 7. The van der Waals surface area contributed by atoms with Crippen molar-refractivity contribution in [3.8, 4) is 22.8 Å². The Bertz CT molecular complexity index is 1310. The van der Waals surface area contributed by atoms with Gasteiger partial charge in [0, 0.05) is 37.9 Å². The minimum atomic E-state index is -0.101. The van der Waals surface area contributed by atoms with Gasteiger partial charge in [0.2, 0.25) is 11.8 Å². The van der Waals surface area contributed by atoms with Crippen molar-refractivity contribution in [3.05, 3.63) is 36.5 Å². The van der Waals surface area contributed by atoms with Crippen LogP contribution in [0.25, 0.3) is 33.7 Å². The van der Waals surface area contributed by atoms with Gasteiger partial charge in [-0.3, -0.25) is 4.98 Å². The average Bonchev–Trinajstić information content (AvgIpc) is 3.53. The lowest BCUT2D eigenvalue weighted by Crippen LogP contribution is -2.44. The van der Waals surface area contributed by atoms with E-state index in [4.69, 9.17) is 23.9 Å². The zero-order valence-electron chi connectivity index (χ0n) is 19.3. The van der Waals surface area contributed by atoms with E-state index in [2.05, 4.69) is 27.1 Å². The van der Waals surface area contributed by atoms with Gasteiger partial charge in [-0.2, -0.15) is 5.10 Å². The fraction of sp³-hybridized carbons (Fsp3) is 0.458. The molecule has 2 aliphatic heterocycles. The first-order valence-corrected chi connectivity index (χ1v) is 11.8. The first-order valence-electron chi connectivity index (χ1n) is 11.8. The van der Waals surface area contributed by atoms with Crippen molar-refractivity contribution in [2.24, 2.45) is 0 Å². The van der Waals surface area contributed by atoms with Gasteiger partial charge in [-0.25, -0.2) is 9.67 Å². The fourth-order valence-corrected chi connectivity index (χ4v) is 4.77. The molecule has 2 unspecified atom stereocenters. The third-order valence-corrected chi connectivity index (χ3v) is 6.47. The van der Waals surface area contributed by atoms with Crippen molar-refractivity contribution in [2.45, 2.75) is 45.4 Å². The molecule has 2 fully saturated rings. The van der Waals surface area contributed by atoms with Crippen LogP contribution in [0.4, 0.5) is 5.82 Å². The summed E-state index contributed by atoms with van der Waals surface area (Å²) in [6, 6.07) is 6.15. The molecular formula is C24H27N7O3. The van der Waals surface area contributed by atoms with Crippen LogP contribution in [0.3, 0.4) is 0 Å². The molecule has 0 radical (unpaired) electrons. The maximum Gasteiger partial charge on any atom is 0.248 e. The van der Waals surface area contributed by atoms with E-state index < -0.39 is 0 Å². The smallest absolute Gasteiger partial charge is 0.248 e. The molecule has 0 amide bonds. The molecule has 6 rings (SSSR count). The Hall–Kier alpha value is -3.37. The van der Waals surface area contributed by atoms with E-state index in [0.717, 1.165) is 66.1 Å². The molecule has 6 heterocycles. The lowest BCUT2D eigenvalue weighted by Gasteiger charge is -2.34. The Balaban J connectivity index is 1.56. The fourth-order valence-electron chi connectivity index (χ4n) is 4.77. The largest absolute Gasteiger partial charge is 0.421 e. The summed E-state index contributed by atoms with van der Waals surface area (Å²) in [6.07, 6.45) is 6.61. The van der Waals surface area contributed by atoms with Crippen molar-refractivity contribution in [2.75, 3.05) is 31.3 Å². The molecule has 4 aromatic heterocycles. The van der Waals surface area contributed by atoms with Gasteiger partial charge in [0.1, 0.15) is 17.0 Å². The third-order valence-electron chi connectivity index (χ3n) is 6.47. The van der Waals surface area contributed by atoms with E-state index in [-0.39, 0.29) is 12.3 Å². The Labute approximate surface area is 196 Å². The second-order valence-electron chi connectivity index (χ2n) is 8.81. The highest BCUT2D eigenvalue weighted by Crippen LogP contribution is 2.36. The second kappa shape index (κ2) is 8.77. The van der Waals surface area contributed by atoms with Gasteiger partial charge >= 0.3 is 0 Å². The van der Waals surface area contributed by atoms with E-state index >= 15 is 0 Å². The zero-order chi connectivity index (χ0) is 23.1. The Morgan fingerprint density at radius 3 is 2.82 bits per heavy atom. The lowest BCUT2D eigenvalue weighted by atomic mass is 10.1. The molecule has 34 heavy (non-hydrogen) atoms. The summed E-state index contributed by atoms with van der Waals surface area (Å²) in [6.45, 7) is 6.74. The monoisotopic (exact) mass is 461 g/mol. The molecule has 10 heteroatoms. The topological polar surface area (TPSA) is 104 Å². The molecule has 4 aromatic rings. The van der Waals surface area contributed by atoms with Crippen LogP contribution >= 0.6 is 0 Å². The van der Waals surface area contributed by atoms with Crippen LogP contribution in [-0.4, -0.2) is 62.4 Å². The second-order valence-corrected chi connectivity index (χ2v) is 8.81. The van der Waals surface area contributed by atoms with Crippen molar-refractivity contribution >= 4 is 16.7 Å². The lowest BCUT2D eigenvalue weighted by molar-refractivity contribution is -0.0383. The van der Waals surface area contributed by atoms with Gasteiger partial charge in [-0.05, 0) is 44.4 Å². The highest BCUT2D eigenvalue weighted by molar-refractivity contribution is 6.00. The van der Waals surface area contributed by atoms with Crippen molar-refractivity contribution in [1.29, 1.82) is 0 Å². The van der Waals surface area contributed by atoms with Crippen LogP contribution in [0.5, 0.6) is 0 Å². The third kappa shape index (κ3) is 3.72. The molecule has 2 aliphatic rings. The molecule has 0 saturated carbocycles. The van der Waals surface area contributed by atoms with Crippen molar-refractivity contribution < 1.29 is 13.9 Å². The summed E-state index contributed by atoms with van der Waals surface area (Å²) in [7, 11) is 0. The number of morpholine rings is 1. The van der Waals surface area contributed by atoms with E-state index in [1.807, 2.05) is 22.9 Å². The number of ether oxygens (including phenoxy) is 2. The van der Waals surface area contributed by atoms with Crippen LogP contribution in [0.2, 0.25) is 0 Å². The van der Waals surface area contributed by atoms with E-state index in [9.17, 15) is 0 Å². The number of anilines is 1. The summed E-state index contributed by atoms with van der Waals surface area (Å²) in [5.74, 6) is 1.82. The van der Waals surface area contributed by atoms with Gasteiger partial charge < -0.3 is 18.8 Å². The van der Waals surface area contributed by atoms with Gasteiger partial charge in [0.05, 0.1) is 30.5 Å². The van der Waals surface area contributed by atoms with Crippen LogP contribution in [0.1, 0.15) is 38.3 Å². The SMILES string of the molecule is Cc1nnc(-c2cc(N3CCOCC3C)nc3c(-c4ccnn4C4CCCCO4)nccc23)o1. The predicted octanol–water partition coefficient (Wildman–Crippen LogP) is 3.78. The number of aromatic nitrogens is 6. The molecule has 0 bridgehead atoms. The zero-order valence-corrected chi connectivity index (χ0v) is 19.3. The Kier molecular flexibility index (Phi) is 5.46. The summed E-state index contributed by atoms with van der Waals surface area (Å²) in [5.41, 5.74) is 3.24. The minimum absolute atomic E-state index is 0.101. The number of aryl methyl sites for hydroxylation is 1. The van der Waals surface area contributed by atoms with Gasteiger partial charge in [-0.15, -0.1) is 10.2 Å². The first kappa shape index (κ1) is 21.2. The summed E-state index contributed by atoms with van der Waals surface area (Å²) < 4.78 is 19.5. The maximum absolute atomic E-state index is 6.02. The van der Waals surface area contributed by atoms with Crippen LogP contribution in [0.15, 0.2) is 35.0 Å². The van der Waals surface area contributed by atoms with Crippen LogP contribution < -0.4 is 4.90 Å². The molecule has 176 valence electrons. The maximum atomic E-state index is 6.02. The summed E-state index contributed by atoms with van der Waals surface area (Å²) in [4.78, 5) is 12.1. The molecule has 0 spiro atoms. The molecule has 2 saturated heterocycles. The number of hydrogen-bond donors (Lipinski definition) is 0. The predicted molar refractivity (Wildman–Crippen MR) is 125 cm³/mol. The standard InChI is InChI=1S/C24H27N7O3/c1-15-14-32-12-10-30(15)20-13-18(24-29-28-16(2)34-24)17-6-8-25-23(22(17)27-20)19-7-9-26-31(19)21-5-3-4-11-33-21/h6-9,13,15,21H,3-5,10-12,14H2,1-2H3. The first-order chi connectivity index (χ1) is 16.7. The van der Waals surface area contributed by atoms with Crippen molar-refractivity contribution in [3.63, 3.8) is 0 Å². The summed E-state index contributed by atoms with van der Waals surface area (Å²) in [5, 5.41) is 13.9. The quantitative estimate of drug-likeness (QED) is 0.449. The van der Waals surface area contributed by atoms with Gasteiger partial charge in [0.25, 0.3) is 0 Å². The van der Waals surface area contributed by atoms with Crippen LogP contribution in [-0.2, 0) is 9.47 Å². The molecule has 0 N–H and O–H groups in total. The number of pyridine rings is 2. The molecular weight excluding hydrogens is 434 g/mol.